The molecule has 1 aromatic heterocycles. The molecule has 0 aliphatic rings. The second-order valence-corrected chi connectivity index (χ2v) is 5.36. The van der Waals surface area contributed by atoms with Gasteiger partial charge in [-0.25, -0.2) is 0 Å². The van der Waals surface area contributed by atoms with Crippen LogP contribution in [0.4, 0.5) is 0 Å². The van der Waals surface area contributed by atoms with Gasteiger partial charge in [0.15, 0.2) is 0 Å². The van der Waals surface area contributed by atoms with Crippen molar-refractivity contribution in [1.29, 1.82) is 0 Å². The molecule has 13 heavy (non-hydrogen) atoms. The topological polar surface area (TPSA) is 17.1 Å². The van der Waals surface area contributed by atoms with Crippen molar-refractivity contribution in [3.8, 4) is 11.1 Å². The average molecular weight is 226 g/mol. The predicted molar refractivity (Wildman–Crippen MR) is 61.2 cm³/mol. The van der Waals surface area contributed by atoms with E-state index < -0.39 is 0 Å². The van der Waals surface area contributed by atoms with Crippen molar-refractivity contribution in [2.24, 2.45) is 0 Å². The van der Waals surface area contributed by atoms with Crippen LogP contribution in [-0.2, 0) is 0 Å². The van der Waals surface area contributed by atoms with Gasteiger partial charge in [0.25, 0.3) is 4.74 Å². The fraction of sp³-hybridized carbons (Fsp3) is 0. The van der Waals surface area contributed by atoms with Crippen molar-refractivity contribution < 1.29 is 0 Å². The van der Waals surface area contributed by atoms with Crippen LogP contribution in [0, 0.1) is 0 Å². The molecule has 2 rings (SSSR count). The number of hydrogen-bond donors (Lipinski definition) is 1. The number of rotatable bonds is 1. The fourth-order valence-corrected chi connectivity index (χ4v) is 3.52. The van der Waals surface area contributed by atoms with E-state index in [9.17, 15) is 4.79 Å². The molecule has 66 valence electrons. The van der Waals surface area contributed by atoms with Crippen LogP contribution >= 0.6 is 33.3 Å². The maximum Gasteiger partial charge on any atom is 0.251 e. The SMILES string of the molecule is O=c1ssc(S)c1-c1ccccc1. The van der Waals surface area contributed by atoms with Gasteiger partial charge >= 0.3 is 0 Å². The van der Waals surface area contributed by atoms with Crippen LogP contribution in [0.15, 0.2) is 39.3 Å². The third kappa shape index (κ3) is 1.70. The van der Waals surface area contributed by atoms with Gasteiger partial charge < -0.3 is 0 Å². The molecule has 0 unspecified atom stereocenters. The third-order valence-electron chi connectivity index (χ3n) is 1.68. The Labute approximate surface area is 88.5 Å². The third-order valence-corrected chi connectivity index (χ3v) is 4.55. The lowest BCUT2D eigenvalue weighted by atomic mass is 10.1. The minimum absolute atomic E-state index is 0.0983. The Kier molecular flexibility index (Phi) is 2.53. The Bertz CT molecular complexity index is 455. The molecule has 2 aromatic rings. The van der Waals surface area contributed by atoms with Crippen LogP contribution in [0.2, 0.25) is 0 Å². The molecule has 0 radical (unpaired) electrons. The average Bonchev–Trinajstić information content (AvgIpc) is 2.48. The maximum absolute atomic E-state index is 11.4. The van der Waals surface area contributed by atoms with E-state index in [1.165, 1.54) is 20.7 Å². The van der Waals surface area contributed by atoms with Gasteiger partial charge in [0, 0.05) is 0 Å². The van der Waals surface area contributed by atoms with E-state index in [0.29, 0.717) is 0 Å². The van der Waals surface area contributed by atoms with E-state index in [2.05, 4.69) is 12.6 Å². The van der Waals surface area contributed by atoms with E-state index in [-0.39, 0.29) is 4.74 Å². The Morgan fingerprint density at radius 3 is 2.31 bits per heavy atom. The molecule has 0 saturated carbocycles. The Hall–Kier alpha value is -0.580. The largest absolute Gasteiger partial charge is 0.276 e. The summed E-state index contributed by atoms with van der Waals surface area (Å²) in [5.74, 6) is 0. The quantitative estimate of drug-likeness (QED) is 0.584. The van der Waals surface area contributed by atoms with Crippen LogP contribution in [0.3, 0.4) is 0 Å². The molecular weight excluding hydrogens is 220 g/mol. The summed E-state index contributed by atoms with van der Waals surface area (Å²) in [6, 6.07) is 9.63. The normalized spacial score (nSPS) is 10.2. The monoisotopic (exact) mass is 226 g/mol. The van der Waals surface area contributed by atoms with E-state index in [4.69, 9.17) is 0 Å². The molecule has 1 heterocycles. The Balaban J connectivity index is 2.65. The highest BCUT2D eigenvalue weighted by molar-refractivity contribution is 7.87. The molecule has 0 atom stereocenters. The standard InChI is InChI=1S/C9H6OS3/c10-8-7(9(11)13-12-8)6-4-2-1-3-5-6/h1-5,11H. The summed E-state index contributed by atoms with van der Waals surface area (Å²) in [7, 11) is 2.65. The molecule has 0 N–H and O–H groups in total. The van der Waals surface area contributed by atoms with Gasteiger partial charge in [-0.15, -0.1) is 12.6 Å². The van der Waals surface area contributed by atoms with Crippen molar-refractivity contribution in [1.82, 2.24) is 0 Å². The van der Waals surface area contributed by atoms with Gasteiger partial charge in [-0.3, -0.25) is 4.79 Å². The zero-order chi connectivity index (χ0) is 9.26. The summed E-state index contributed by atoms with van der Waals surface area (Å²) in [5, 5.41) is 0. The van der Waals surface area contributed by atoms with Gasteiger partial charge in [0.05, 0.1) is 9.77 Å². The number of hydrogen-bond acceptors (Lipinski definition) is 4. The molecule has 1 nitrogen and oxygen atoms in total. The first-order valence-electron chi connectivity index (χ1n) is 3.66. The highest BCUT2D eigenvalue weighted by Gasteiger charge is 2.08. The van der Waals surface area contributed by atoms with Crippen LogP contribution < -0.4 is 4.74 Å². The second kappa shape index (κ2) is 3.65. The summed E-state index contributed by atoms with van der Waals surface area (Å²) in [6.45, 7) is 0. The van der Waals surface area contributed by atoms with E-state index in [1.807, 2.05) is 30.3 Å². The Morgan fingerprint density at radius 2 is 1.77 bits per heavy atom. The van der Waals surface area contributed by atoms with Gasteiger partial charge in [-0.05, 0) is 15.9 Å². The lowest BCUT2D eigenvalue weighted by molar-refractivity contribution is 1.59. The summed E-state index contributed by atoms with van der Waals surface area (Å²) in [4.78, 5) is 11.4. The molecule has 0 aliphatic carbocycles. The van der Waals surface area contributed by atoms with E-state index >= 15 is 0 Å². The molecule has 0 saturated heterocycles. The van der Waals surface area contributed by atoms with E-state index in [0.717, 1.165) is 15.3 Å². The van der Waals surface area contributed by atoms with Crippen LogP contribution in [0.5, 0.6) is 0 Å². The molecule has 4 heteroatoms. The van der Waals surface area contributed by atoms with Gasteiger partial charge in [0.2, 0.25) is 0 Å². The van der Waals surface area contributed by atoms with Gasteiger partial charge in [-0.1, -0.05) is 40.7 Å². The zero-order valence-corrected chi connectivity index (χ0v) is 9.09. The van der Waals surface area contributed by atoms with Crippen molar-refractivity contribution in [3.05, 3.63) is 39.9 Å². The summed E-state index contributed by atoms with van der Waals surface area (Å²) in [6.07, 6.45) is 0. The molecular formula is C9H6OS3. The molecule has 0 spiro atoms. The first-order chi connectivity index (χ1) is 6.29. The zero-order valence-electron chi connectivity index (χ0n) is 6.56. The lowest BCUT2D eigenvalue weighted by Gasteiger charge is -1.95. The van der Waals surface area contributed by atoms with Crippen LogP contribution in [-0.4, -0.2) is 0 Å². The van der Waals surface area contributed by atoms with Crippen molar-refractivity contribution in [2.45, 2.75) is 4.21 Å². The van der Waals surface area contributed by atoms with Gasteiger partial charge in [-0.2, -0.15) is 0 Å². The first kappa shape index (κ1) is 8.99. The van der Waals surface area contributed by atoms with Crippen molar-refractivity contribution >= 4 is 33.3 Å². The number of benzene rings is 1. The van der Waals surface area contributed by atoms with Crippen molar-refractivity contribution in [3.63, 3.8) is 0 Å². The predicted octanol–water partition coefficient (Wildman–Crippen LogP) is 3.13. The molecule has 1 aromatic carbocycles. The van der Waals surface area contributed by atoms with Crippen LogP contribution in [0.25, 0.3) is 11.1 Å². The molecule has 0 amide bonds. The smallest absolute Gasteiger partial charge is 0.251 e. The summed E-state index contributed by atoms with van der Waals surface area (Å²) >= 11 is 4.26. The second-order valence-electron chi connectivity index (χ2n) is 2.50. The lowest BCUT2D eigenvalue weighted by Crippen LogP contribution is -1.93. The highest BCUT2D eigenvalue weighted by Crippen LogP contribution is 2.29. The van der Waals surface area contributed by atoms with Crippen LogP contribution in [0.1, 0.15) is 0 Å². The maximum atomic E-state index is 11.4. The highest BCUT2D eigenvalue weighted by atomic mass is 32.9. The molecule has 0 bridgehead atoms. The molecule has 0 fully saturated rings. The Morgan fingerprint density at radius 1 is 1.08 bits per heavy atom. The first-order valence-corrected chi connectivity index (χ1v) is 6.26. The fourth-order valence-electron chi connectivity index (χ4n) is 1.09. The minimum atomic E-state index is 0.0983. The number of thiol groups is 1. The summed E-state index contributed by atoms with van der Waals surface area (Å²) in [5.41, 5.74) is 1.69. The molecule has 0 aliphatic heterocycles. The summed E-state index contributed by atoms with van der Waals surface area (Å²) < 4.78 is 0.905. The van der Waals surface area contributed by atoms with Crippen molar-refractivity contribution in [2.75, 3.05) is 0 Å². The van der Waals surface area contributed by atoms with E-state index in [1.54, 1.807) is 0 Å². The minimum Gasteiger partial charge on any atom is -0.276 e. The van der Waals surface area contributed by atoms with Gasteiger partial charge in [0.1, 0.15) is 0 Å².